The summed E-state index contributed by atoms with van der Waals surface area (Å²) in [5.41, 5.74) is -0.609. The van der Waals surface area contributed by atoms with Gasteiger partial charge in [-0.05, 0) is 39.0 Å². The first kappa shape index (κ1) is 17.4. The molecule has 116 valence electrons. The minimum absolute atomic E-state index is 0.00608. The number of ether oxygens (including phenoxy) is 1. The van der Waals surface area contributed by atoms with Crippen molar-refractivity contribution in [1.82, 2.24) is 5.32 Å². The molecule has 1 amide bonds. The van der Waals surface area contributed by atoms with Gasteiger partial charge in [-0.15, -0.1) is 11.8 Å². The first-order valence-electron chi connectivity index (χ1n) is 6.24. The van der Waals surface area contributed by atoms with Gasteiger partial charge in [-0.25, -0.2) is 8.78 Å². The molecule has 0 atom stereocenters. The molecule has 1 aromatic carbocycles. The van der Waals surface area contributed by atoms with Gasteiger partial charge in [0.15, 0.2) is 11.6 Å². The summed E-state index contributed by atoms with van der Waals surface area (Å²) in [6.07, 6.45) is 0. The molecular formula is C14H17F2NO3S. The zero-order valence-corrected chi connectivity index (χ0v) is 12.9. The zero-order chi connectivity index (χ0) is 16.0. The third-order valence-electron chi connectivity index (χ3n) is 2.11. The maximum atomic E-state index is 13.0. The van der Waals surface area contributed by atoms with Crippen LogP contribution < -0.4 is 5.32 Å². The van der Waals surface area contributed by atoms with Crippen molar-refractivity contribution in [2.24, 2.45) is 0 Å². The van der Waals surface area contributed by atoms with E-state index < -0.39 is 29.1 Å². The molecule has 1 rings (SSSR count). The van der Waals surface area contributed by atoms with Crippen molar-refractivity contribution >= 4 is 23.6 Å². The Kier molecular flexibility index (Phi) is 6.14. The second kappa shape index (κ2) is 7.40. The molecule has 1 aromatic rings. The van der Waals surface area contributed by atoms with E-state index in [9.17, 15) is 18.4 Å². The summed E-state index contributed by atoms with van der Waals surface area (Å²) in [7, 11) is 0. The highest BCUT2D eigenvalue weighted by atomic mass is 32.2. The van der Waals surface area contributed by atoms with Crippen molar-refractivity contribution < 1.29 is 23.1 Å². The second-order valence-corrected chi connectivity index (χ2v) is 6.28. The first-order chi connectivity index (χ1) is 9.67. The predicted molar refractivity (Wildman–Crippen MR) is 75.9 cm³/mol. The van der Waals surface area contributed by atoms with Gasteiger partial charge in [0.25, 0.3) is 0 Å². The van der Waals surface area contributed by atoms with Crippen LogP contribution >= 0.6 is 11.8 Å². The van der Waals surface area contributed by atoms with Crippen LogP contribution in [0.1, 0.15) is 20.8 Å². The standard InChI is InChI=1S/C14H17F2NO3S/c1-14(2,3)20-13(19)7-17-12(18)8-21-9-4-5-10(15)11(16)6-9/h4-6H,7-8H2,1-3H3,(H,17,18). The molecule has 0 heterocycles. The van der Waals surface area contributed by atoms with Crippen molar-refractivity contribution in [3.05, 3.63) is 29.8 Å². The molecule has 0 radical (unpaired) electrons. The van der Waals surface area contributed by atoms with Crippen molar-refractivity contribution in [3.63, 3.8) is 0 Å². The van der Waals surface area contributed by atoms with Gasteiger partial charge < -0.3 is 10.1 Å². The Morgan fingerprint density at radius 2 is 1.90 bits per heavy atom. The van der Waals surface area contributed by atoms with Gasteiger partial charge in [0.2, 0.25) is 5.91 Å². The van der Waals surface area contributed by atoms with Crippen LogP contribution in [-0.2, 0) is 14.3 Å². The molecule has 0 bridgehead atoms. The van der Waals surface area contributed by atoms with Crippen molar-refractivity contribution in [1.29, 1.82) is 0 Å². The SMILES string of the molecule is CC(C)(C)OC(=O)CNC(=O)CSc1ccc(F)c(F)c1. The minimum atomic E-state index is -0.964. The summed E-state index contributed by atoms with van der Waals surface area (Å²) >= 11 is 1.05. The monoisotopic (exact) mass is 317 g/mol. The van der Waals surface area contributed by atoms with E-state index in [0.717, 1.165) is 23.9 Å². The molecule has 0 unspecified atom stereocenters. The van der Waals surface area contributed by atoms with Gasteiger partial charge in [-0.3, -0.25) is 9.59 Å². The summed E-state index contributed by atoms with van der Waals surface area (Å²) in [6.45, 7) is 4.96. The molecule has 4 nitrogen and oxygen atoms in total. The molecule has 0 saturated heterocycles. The Labute approximate surface area is 126 Å². The van der Waals surface area contributed by atoms with E-state index in [0.29, 0.717) is 4.90 Å². The molecule has 0 aliphatic carbocycles. The summed E-state index contributed by atoms with van der Waals surface area (Å²) < 4.78 is 30.7. The maximum Gasteiger partial charge on any atom is 0.325 e. The average Bonchev–Trinajstić information content (AvgIpc) is 2.36. The maximum absolute atomic E-state index is 13.0. The van der Waals surface area contributed by atoms with E-state index in [-0.39, 0.29) is 12.3 Å². The van der Waals surface area contributed by atoms with E-state index in [2.05, 4.69) is 5.32 Å². The minimum Gasteiger partial charge on any atom is -0.459 e. The summed E-state index contributed by atoms with van der Waals surface area (Å²) in [5, 5.41) is 2.40. The van der Waals surface area contributed by atoms with Gasteiger partial charge in [-0.2, -0.15) is 0 Å². The van der Waals surface area contributed by atoms with Crippen molar-refractivity contribution in [3.8, 4) is 0 Å². The van der Waals surface area contributed by atoms with Gasteiger partial charge in [-0.1, -0.05) is 0 Å². The van der Waals surface area contributed by atoms with Crippen LogP contribution in [0.15, 0.2) is 23.1 Å². The third kappa shape index (κ3) is 7.08. The van der Waals surface area contributed by atoms with Gasteiger partial charge in [0, 0.05) is 4.90 Å². The molecule has 0 fully saturated rings. The molecule has 0 saturated carbocycles. The van der Waals surface area contributed by atoms with Crippen LogP contribution in [-0.4, -0.2) is 29.8 Å². The average molecular weight is 317 g/mol. The quantitative estimate of drug-likeness (QED) is 0.670. The van der Waals surface area contributed by atoms with Crippen molar-refractivity contribution in [2.45, 2.75) is 31.3 Å². The molecular weight excluding hydrogens is 300 g/mol. The van der Waals surface area contributed by atoms with Crippen LogP contribution in [0.5, 0.6) is 0 Å². The van der Waals surface area contributed by atoms with Crippen LogP contribution in [0.2, 0.25) is 0 Å². The van der Waals surface area contributed by atoms with Crippen LogP contribution in [0.4, 0.5) is 8.78 Å². The van der Waals surface area contributed by atoms with Crippen molar-refractivity contribution in [2.75, 3.05) is 12.3 Å². The van der Waals surface area contributed by atoms with Crippen LogP contribution in [0.25, 0.3) is 0 Å². The van der Waals surface area contributed by atoms with Gasteiger partial charge >= 0.3 is 5.97 Å². The lowest BCUT2D eigenvalue weighted by atomic mass is 10.2. The van der Waals surface area contributed by atoms with E-state index in [4.69, 9.17) is 4.74 Å². The number of amides is 1. The third-order valence-corrected chi connectivity index (χ3v) is 3.10. The molecule has 0 aliphatic rings. The lowest BCUT2D eigenvalue weighted by Gasteiger charge is -2.19. The smallest absolute Gasteiger partial charge is 0.325 e. The number of carbonyl (C=O) groups is 2. The molecule has 0 aliphatic heterocycles. The highest BCUT2D eigenvalue weighted by molar-refractivity contribution is 8.00. The van der Waals surface area contributed by atoms with E-state index >= 15 is 0 Å². The number of benzene rings is 1. The first-order valence-corrected chi connectivity index (χ1v) is 7.22. The number of carbonyl (C=O) groups excluding carboxylic acids is 2. The molecule has 1 N–H and O–H groups in total. The highest BCUT2D eigenvalue weighted by Gasteiger charge is 2.16. The molecule has 21 heavy (non-hydrogen) atoms. The lowest BCUT2D eigenvalue weighted by Crippen LogP contribution is -2.35. The largest absolute Gasteiger partial charge is 0.459 e. The number of rotatable bonds is 5. The summed E-state index contributed by atoms with van der Waals surface area (Å²) in [5.74, 6) is -2.83. The summed E-state index contributed by atoms with van der Waals surface area (Å²) in [6, 6.07) is 3.39. The summed E-state index contributed by atoms with van der Waals surface area (Å²) in [4.78, 5) is 23.3. The highest BCUT2D eigenvalue weighted by Crippen LogP contribution is 2.19. The number of nitrogens with one attached hydrogen (secondary N) is 1. The number of esters is 1. The van der Waals surface area contributed by atoms with Gasteiger partial charge in [0.05, 0.1) is 5.75 Å². The Hall–Kier alpha value is -1.63. The normalized spacial score (nSPS) is 11.1. The molecule has 0 spiro atoms. The fourth-order valence-electron chi connectivity index (χ4n) is 1.31. The Balaban J connectivity index is 2.34. The number of hydrogen-bond donors (Lipinski definition) is 1. The lowest BCUT2D eigenvalue weighted by molar-refractivity contribution is -0.154. The van der Waals surface area contributed by atoms with Crippen LogP contribution in [0, 0.1) is 11.6 Å². The number of hydrogen-bond acceptors (Lipinski definition) is 4. The number of halogens is 2. The molecule has 7 heteroatoms. The Morgan fingerprint density at radius 1 is 1.24 bits per heavy atom. The fourth-order valence-corrected chi connectivity index (χ4v) is 2.07. The van der Waals surface area contributed by atoms with E-state index in [1.54, 1.807) is 20.8 Å². The van der Waals surface area contributed by atoms with E-state index in [1.165, 1.54) is 6.07 Å². The fraction of sp³-hybridized carbons (Fsp3) is 0.429. The topological polar surface area (TPSA) is 55.4 Å². The predicted octanol–water partition coefficient (Wildman–Crippen LogP) is 2.51. The second-order valence-electron chi connectivity index (χ2n) is 5.23. The Bertz CT molecular complexity index is 529. The zero-order valence-electron chi connectivity index (χ0n) is 12.0. The van der Waals surface area contributed by atoms with Crippen LogP contribution in [0.3, 0.4) is 0 Å². The van der Waals surface area contributed by atoms with E-state index in [1.807, 2.05) is 0 Å². The van der Waals surface area contributed by atoms with Gasteiger partial charge in [0.1, 0.15) is 12.1 Å². The number of thioether (sulfide) groups is 1. The molecule has 0 aromatic heterocycles. The Morgan fingerprint density at radius 3 is 2.48 bits per heavy atom.